The first-order valence-electron chi connectivity index (χ1n) is 5.28. The SMILES string of the molecule is COC1(Cc2ccccc2O)CCNC1. The number of benzene rings is 1. The second-order valence-corrected chi connectivity index (χ2v) is 4.12. The van der Waals surface area contributed by atoms with Crippen LogP contribution >= 0.6 is 0 Å². The quantitative estimate of drug-likeness (QED) is 0.785. The van der Waals surface area contributed by atoms with E-state index in [1.165, 1.54) is 0 Å². The topological polar surface area (TPSA) is 41.5 Å². The summed E-state index contributed by atoms with van der Waals surface area (Å²) in [5.41, 5.74) is 0.821. The smallest absolute Gasteiger partial charge is 0.118 e. The van der Waals surface area contributed by atoms with Gasteiger partial charge in [0.05, 0.1) is 5.60 Å². The average molecular weight is 207 g/mol. The third-order valence-electron chi connectivity index (χ3n) is 3.14. The lowest BCUT2D eigenvalue weighted by Gasteiger charge is -2.26. The molecule has 0 aliphatic carbocycles. The molecule has 0 bridgehead atoms. The molecule has 15 heavy (non-hydrogen) atoms. The molecule has 1 atom stereocenters. The molecule has 1 fully saturated rings. The zero-order valence-corrected chi connectivity index (χ0v) is 8.99. The highest BCUT2D eigenvalue weighted by Gasteiger charge is 2.34. The predicted octanol–water partition coefficient (Wildman–Crippen LogP) is 1.31. The first kappa shape index (κ1) is 10.5. The predicted molar refractivity (Wildman–Crippen MR) is 59.0 cm³/mol. The average Bonchev–Trinajstić information content (AvgIpc) is 2.71. The first-order valence-corrected chi connectivity index (χ1v) is 5.28. The summed E-state index contributed by atoms with van der Waals surface area (Å²) in [6.07, 6.45) is 1.76. The normalized spacial score (nSPS) is 25.7. The summed E-state index contributed by atoms with van der Waals surface area (Å²) in [6.45, 7) is 1.85. The summed E-state index contributed by atoms with van der Waals surface area (Å²) >= 11 is 0. The third kappa shape index (κ3) is 2.13. The van der Waals surface area contributed by atoms with Gasteiger partial charge < -0.3 is 15.2 Å². The highest BCUT2D eigenvalue weighted by atomic mass is 16.5. The molecular weight excluding hydrogens is 190 g/mol. The molecule has 0 aromatic heterocycles. The minimum atomic E-state index is -0.140. The Balaban J connectivity index is 2.16. The van der Waals surface area contributed by atoms with Crippen molar-refractivity contribution in [1.29, 1.82) is 0 Å². The zero-order chi connectivity index (χ0) is 10.7. The summed E-state index contributed by atoms with van der Waals surface area (Å²) in [4.78, 5) is 0. The van der Waals surface area contributed by atoms with Crippen LogP contribution in [0.3, 0.4) is 0 Å². The Morgan fingerprint density at radius 2 is 2.27 bits per heavy atom. The van der Waals surface area contributed by atoms with Crippen molar-refractivity contribution in [2.24, 2.45) is 0 Å². The van der Waals surface area contributed by atoms with Gasteiger partial charge in [0.1, 0.15) is 5.75 Å². The van der Waals surface area contributed by atoms with Crippen LogP contribution in [0.25, 0.3) is 0 Å². The van der Waals surface area contributed by atoms with Crippen LogP contribution in [-0.2, 0) is 11.2 Å². The van der Waals surface area contributed by atoms with Gasteiger partial charge in [-0.3, -0.25) is 0 Å². The minimum Gasteiger partial charge on any atom is -0.508 e. The fourth-order valence-electron chi connectivity index (χ4n) is 2.13. The van der Waals surface area contributed by atoms with E-state index in [-0.39, 0.29) is 5.60 Å². The Morgan fingerprint density at radius 1 is 1.47 bits per heavy atom. The van der Waals surface area contributed by atoms with Crippen molar-refractivity contribution >= 4 is 0 Å². The van der Waals surface area contributed by atoms with E-state index in [4.69, 9.17) is 4.74 Å². The van der Waals surface area contributed by atoms with E-state index in [1.807, 2.05) is 18.2 Å². The Labute approximate surface area is 90.1 Å². The van der Waals surface area contributed by atoms with Crippen molar-refractivity contribution in [3.63, 3.8) is 0 Å². The molecule has 0 saturated carbocycles. The van der Waals surface area contributed by atoms with Crippen LogP contribution in [0.5, 0.6) is 5.75 Å². The van der Waals surface area contributed by atoms with E-state index in [2.05, 4.69) is 5.32 Å². The van der Waals surface area contributed by atoms with Crippen LogP contribution in [0.4, 0.5) is 0 Å². The summed E-state index contributed by atoms with van der Waals surface area (Å²) in [5, 5.41) is 13.0. The lowest BCUT2D eigenvalue weighted by atomic mass is 9.93. The highest BCUT2D eigenvalue weighted by Crippen LogP contribution is 2.28. The van der Waals surface area contributed by atoms with E-state index >= 15 is 0 Å². The van der Waals surface area contributed by atoms with Gasteiger partial charge in [0.2, 0.25) is 0 Å². The van der Waals surface area contributed by atoms with Crippen LogP contribution in [0, 0.1) is 0 Å². The number of ether oxygens (including phenoxy) is 1. The van der Waals surface area contributed by atoms with Gasteiger partial charge in [-0.2, -0.15) is 0 Å². The Kier molecular flexibility index (Phi) is 2.93. The lowest BCUT2D eigenvalue weighted by Crippen LogP contribution is -2.36. The fraction of sp³-hybridized carbons (Fsp3) is 0.500. The molecule has 82 valence electrons. The Hall–Kier alpha value is -1.06. The molecule has 0 amide bonds. The second kappa shape index (κ2) is 4.21. The molecule has 1 saturated heterocycles. The largest absolute Gasteiger partial charge is 0.508 e. The van der Waals surface area contributed by atoms with E-state index < -0.39 is 0 Å². The maximum atomic E-state index is 9.70. The standard InChI is InChI=1S/C12H17NO2/c1-15-12(6-7-13-9-12)8-10-4-2-3-5-11(10)14/h2-5,13-14H,6-9H2,1H3. The van der Waals surface area contributed by atoms with Crippen LogP contribution in [0.15, 0.2) is 24.3 Å². The molecule has 3 heteroatoms. The van der Waals surface area contributed by atoms with Gasteiger partial charge in [0.15, 0.2) is 0 Å². The van der Waals surface area contributed by atoms with Crippen LogP contribution in [0.1, 0.15) is 12.0 Å². The molecule has 3 nitrogen and oxygen atoms in total. The van der Waals surface area contributed by atoms with E-state index in [1.54, 1.807) is 13.2 Å². The van der Waals surface area contributed by atoms with Gasteiger partial charge in [-0.1, -0.05) is 18.2 Å². The molecule has 0 spiro atoms. The van der Waals surface area contributed by atoms with Crippen molar-refractivity contribution < 1.29 is 9.84 Å². The number of aromatic hydroxyl groups is 1. The fourth-order valence-corrected chi connectivity index (χ4v) is 2.13. The monoisotopic (exact) mass is 207 g/mol. The van der Waals surface area contributed by atoms with Gasteiger partial charge in [-0.15, -0.1) is 0 Å². The number of phenols is 1. The van der Waals surface area contributed by atoms with Crippen LogP contribution in [-0.4, -0.2) is 30.9 Å². The molecule has 1 aliphatic heterocycles. The summed E-state index contributed by atoms with van der Waals surface area (Å²) in [7, 11) is 1.74. The minimum absolute atomic E-state index is 0.140. The van der Waals surface area contributed by atoms with Crippen molar-refractivity contribution in [2.75, 3.05) is 20.2 Å². The maximum Gasteiger partial charge on any atom is 0.118 e. The second-order valence-electron chi connectivity index (χ2n) is 4.12. The number of rotatable bonds is 3. The van der Waals surface area contributed by atoms with E-state index in [0.717, 1.165) is 31.5 Å². The van der Waals surface area contributed by atoms with Gasteiger partial charge in [0, 0.05) is 20.1 Å². The molecule has 1 unspecified atom stereocenters. The van der Waals surface area contributed by atoms with E-state index in [0.29, 0.717) is 5.75 Å². The summed E-state index contributed by atoms with van der Waals surface area (Å²) in [5.74, 6) is 0.362. The molecule has 0 radical (unpaired) electrons. The first-order chi connectivity index (χ1) is 7.26. The van der Waals surface area contributed by atoms with Crippen LogP contribution in [0.2, 0.25) is 0 Å². The number of hydrogen-bond donors (Lipinski definition) is 2. The van der Waals surface area contributed by atoms with Gasteiger partial charge >= 0.3 is 0 Å². The van der Waals surface area contributed by atoms with Gasteiger partial charge in [-0.05, 0) is 24.6 Å². The highest BCUT2D eigenvalue weighted by molar-refractivity contribution is 5.33. The molecular formula is C12H17NO2. The van der Waals surface area contributed by atoms with Gasteiger partial charge in [0.25, 0.3) is 0 Å². The lowest BCUT2D eigenvalue weighted by molar-refractivity contribution is 0.00735. The number of phenolic OH excluding ortho intramolecular Hbond substituents is 1. The number of para-hydroxylation sites is 1. The Bertz CT molecular complexity index is 332. The number of methoxy groups -OCH3 is 1. The van der Waals surface area contributed by atoms with Crippen molar-refractivity contribution in [2.45, 2.75) is 18.4 Å². The summed E-state index contributed by atoms with van der Waals surface area (Å²) < 4.78 is 5.58. The van der Waals surface area contributed by atoms with Crippen molar-refractivity contribution in [1.82, 2.24) is 5.32 Å². The number of hydrogen-bond acceptors (Lipinski definition) is 3. The number of nitrogens with one attached hydrogen (secondary N) is 1. The van der Waals surface area contributed by atoms with Crippen LogP contribution < -0.4 is 5.32 Å². The van der Waals surface area contributed by atoms with Gasteiger partial charge in [-0.25, -0.2) is 0 Å². The van der Waals surface area contributed by atoms with E-state index in [9.17, 15) is 5.11 Å². The Morgan fingerprint density at radius 3 is 2.87 bits per heavy atom. The zero-order valence-electron chi connectivity index (χ0n) is 8.99. The third-order valence-corrected chi connectivity index (χ3v) is 3.14. The molecule has 1 aliphatic rings. The molecule has 1 aromatic rings. The molecule has 2 N–H and O–H groups in total. The molecule has 1 heterocycles. The molecule has 2 rings (SSSR count). The van der Waals surface area contributed by atoms with Crippen molar-refractivity contribution in [3.05, 3.63) is 29.8 Å². The summed E-state index contributed by atoms with van der Waals surface area (Å²) in [6, 6.07) is 7.46. The maximum absolute atomic E-state index is 9.70. The van der Waals surface area contributed by atoms with Crippen molar-refractivity contribution in [3.8, 4) is 5.75 Å². The molecule has 1 aromatic carbocycles.